The fraction of sp³-hybridized carbons (Fsp3) is 0.250. The van der Waals surface area contributed by atoms with E-state index in [1.165, 1.54) is 29.5 Å². The Hall–Kier alpha value is -0.980. The highest BCUT2D eigenvalue weighted by Gasteiger charge is 2.21. The molecular weight excluding hydrogens is 263 g/mol. The van der Waals surface area contributed by atoms with Crippen LogP contribution in [0.3, 0.4) is 0 Å². The average molecular weight is 277 g/mol. The lowest BCUT2D eigenvalue weighted by molar-refractivity contribution is 0.616. The molecule has 1 atom stereocenters. The van der Waals surface area contributed by atoms with Gasteiger partial charge in [0.15, 0.2) is 0 Å². The van der Waals surface area contributed by atoms with Gasteiger partial charge in [-0.1, -0.05) is 41.4 Å². The first-order chi connectivity index (χ1) is 8.74. The molecule has 0 spiro atoms. The molecule has 0 fully saturated rings. The first-order valence-electron chi connectivity index (χ1n) is 6.28. The predicted molar refractivity (Wildman–Crippen MR) is 77.7 cm³/mol. The van der Waals surface area contributed by atoms with Crippen LogP contribution in [0, 0.1) is 0 Å². The summed E-state index contributed by atoms with van der Waals surface area (Å²) >= 11 is 12.1. The maximum Gasteiger partial charge on any atom is 0.0409 e. The first kappa shape index (κ1) is 12.1. The molecule has 2 aromatic rings. The van der Waals surface area contributed by atoms with E-state index in [9.17, 15) is 0 Å². The lowest BCUT2D eigenvalue weighted by atomic mass is 9.79. The lowest BCUT2D eigenvalue weighted by Gasteiger charge is -2.26. The topological polar surface area (TPSA) is 0 Å². The minimum atomic E-state index is 0.463. The van der Waals surface area contributed by atoms with Gasteiger partial charge >= 0.3 is 0 Å². The van der Waals surface area contributed by atoms with Crippen LogP contribution in [0.4, 0.5) is 0 Å². The highest BCUT2D eigenvalue weighted by Crippen LogP contribution is 2.38. The van der Waals surface area contributed by atoms with Crippen LogP contribution in [0.2, 0.25) is 10.0 Å². The van der Waals surface area contributed by atoms with Gasteiger partial charge in [-0.3, -0.25) is 0 Å². The van der Waals surface area contributed by atoms with Crippen LogP contribution < -0.4 is 0 Å². The first-order valence-corrected chi connectivity index (χ1v) is 7.03. The molecule has 1 aliphatic carbocycles. The summed E-state index contributed by atoms with van der Waals surface area (Å²) in [6, 6.07) is 14.5. The van der Waals surface area contributed by atoms with Crippen LogP contribution in [0.15, 0.2) is 42.5 Å². The average Bonchev–Trinajstić information content (AvgIpc) is 2.39. The minimum absolute atomic E-state index is 0.463. The summed E-state index contributed by atoms with van der Waals surface area (Å²) in [4.78, 5) is 0. The molecule has 0 saturated carbocycles. The van der Waals surface area contributed by atoms with Crippen molar-refractivity contribution in [1.29, 1.82) is 0 Å². The van der Waals surface area contributed by atoms with Crippen molar-refractivity contribution in [1.82, 2.24) is 0 Å². The third-order valence-electron chi connectivity index (χ3n) is 3.69. The number of fused-ring (bicyclic) bond motifs is 1. The van der Waals surface area contributed by atoms with E-state index in [0.717, 1.165) is 16.5 Å². The van der Waals surface area contributed by atoms with Gasteiger partial charge in [-0.05, 0) is 60.2 Å². The molecule has 0 nitrogen and oxygen atoms in total. The molecule has 2 aromatic carbocycles. The van der Waals surface area contributed by atoms with Gasteiger partial charge in [-0.2, -0.15) is 0 Å². The maximum absolute atomic E-state index is 6.13. The molecule has 0 saturated heterocycles. The van der Waals surface area contributed by atoms with Crippen molar-refractivity contribution in [2.75, 3.05) is 0 Å². The zero-order chi connectivity index (χ0) is 12.5. The molecule has 3 rings (SSSR count). The molecule has 92 valence electrons. The summed E-state index contributed by atoms with van der Waals surface area (Å²) in [7, 11) is 0. The van der Waals surface area contributed by atoms with Crippen molar-refractivity contribution >= 4 is 23.2 Å². The maximum atomic E-state index is 6.13. The van der Waals surface area contributed by atoms with Crippen LogP contribution in [0.5, 0.6) is 0 Å². The summed E-state index contributed by atoms with van der Waals surface area (Å²) in [5.41, 5.74) is 4.16. The van der Waals surface area contributed by atoms with Crippen LogP contribution >= 0.6 is 23.2 Å². The summed E-state index contributed by atoms with van der Waals surface area (Å²) in [6.07, 6.45) is 3.59. The summed E-state index contributed by atoms with van der Waals surface area (Å²) in [5.74, 6) is 0.463. The number of hydrogen-bond acceptors (Lipinski definition) is 0. The van der Waals surface area contributed by atoms with Gasteiger partial charge in [0.2, 0.25) is 0 Å². The summed E-state index contributed by atoms with van der Waals surface area (Å²) < 4.78 is 0. The smallest absolute Gasteiger partial charge is 0.0409 e. The number of halogens is 2. The minimum Gasteiger partial charge on any atom is -0.0843 e. The molecule has 1 aliphatic rings. The highest BCUT2D eigenvalue weighted by atomic mass is 35.5. The molecule has 0 radical (unpaired) electrons. The normalized spacial score (nSPS) is 18.4. The number of aryl methyl sites for hydroxylation is 1. The van der Waals surface area contributed by atoms with Crippen LogP contribution in [0.25, 0.3) is 0 Å². The molecule has 0 N–H and O–H groups in total. The van der Waals surface area contributed by atoms with E-state index in [1.54, 1.807) is 0 Å². The Kier molecular flexibility index (Phi) is 3.32. The van der Waals surface area contributed by atoms with Crippen molar-refractivity contribution in [2.45, 2.75) is 25.2 Å². The molecule has 18 heavy (non-hydrogen) atoms. The van der Waals surface area contributed by atoms with Gasteiger partial charge in [0.1, 0.15) is 0 Å². The Labute approximate surface area is 118 Å². The predicted octanol–water partition coefficient (Wildman–Crippen LogP) is 5.46. The van der Waals surface area contributed by atoms with Crippen molar-refractivity contribution in [3.63, 3.8) is 0 Å². The zero-order valence-electron chi connectivity index (χ0n) is 10.00. The van der Waals surface area contributed by atoms with Crippen LogP contribution in [-0.4, -0.2) is 0 Å². The van der Waals surface area contributed by atoms with Gasteiger partial charge in [-0.15, -0.1) is 0 Å². The standard InChI is InChI=1S/C16H14Cl2/c17-13-7-4-12(5-8-13)15-3-1-2-11-6-9-14(18)10-16(11)15/h4-10,15H,1-3H2. The van der Waals surface area contributed by atoms with E-state index in [4.69, 9.17) is 23.2 Å². The second-order valence-corrected chi connectivity index (χ2v) is 5.71. The Morgan fingerprint density at radius 3 is 2.39 bits per heavy atom. The van der Waals surface area contributed by atoms with Crippen LogP contribution in [-0.2, 0) is 6.42 Å². The molecule has 0 heterocycles. The number of hydrogen-bond donors (Lipinski definition) is 0. The van der Waals surface area contributed by atoms with E-state index >= 15 is 0 Å². The third-order valence-corrected chi connectivity index (χ3v) is 4.18. The van der Waals surface area contributed by atoms with E-state index in [-0.39, 0.29) is 0 Å². The van der Waals surface area contributed by atoms with Gasteiger partial charge in [0.05, 0.1) is 0 Å². The van der Waals surface area contributed by atoms with Crippen molar-refractivity contribution in [3.05, 3.63) is 69.2 Å². The number of benzene rings is 2. The second kappa shape index (κ2) is 4.95. The SMILES string of the molecule is Clc1ccc(C2CCCc3ccc(Cl)cc32)cc1. The van der Waals surface area contributed by atoms with Gasteiger partial charge in [0, 0.05) is 16.0 Å². The Balaban J connectivity index is 2.05. The molecular formula is C16H14Cl2. The Morgan fingerprint density at radius 2 is 1.61 bits per heavy atom. The molecule has 0 aliphatic heterocycles. The monoisotopic (exact) mass is 276 g/mol. The number of rotatable bonds is 1. The van der Waals surface area contributed by atoms with Gasteiger partial charge in [-0.25, -0.2) is 0 Å². The Bertz CT molecular complexity index is 558. The largest absolute Gasteiger partial charge is 0.0843 e. The quantitative estimate of drug-likeness (QED) is 0.649. The fourth-order valence-corrected chi connectivity index (χ4v) is 3.12. The molecule has 0 aromatic heterocycles. The van der Waals surface area contributed by atoms with E-state index < -0.39 is 0 Å². The fourth-order valence-electron chi connectivity index (χ4n) is 2.81. The molecule has 1 unspecified atom stereocenters. The zero-order valence-corrected chi connectivity index (χ0v) is 11.5. The van der Waals surface area contributed by atoms with Gasteiger partial charge in [0.25, 0.3) is 0 Å². The van der Waals surface area contributed by atoms with E-state index in [2.05, 4.69) is 24.3 Å². The Morgan fingerprint density at radius 1 is 0.889 bits per heavy atom. The molecule has 0 amide bonds. The van der Waals surface area contributed by atoms with Crippen molar-refractivity contribution in [3.8, 4) is 0 Å². The van der Waals surface area contributed by atoms with Crippen molar-refractivity contribution in [2.24, 2.45) is 0 Å². The second-order valence-electron chi connectivity index (χ2n) is 4.84. The summed E-state index contributed by atoms with van der Waals surface area (Å²) in [6.45, 7) is 0. The summed E-state index contributed by atoms with van der Waals surface area (Å²) in [5, 5.41) is 1.62. The lowest BCUT2D eigenvalue weighted by Crippen LogP contribution is -2.10. The van der Waals surface area contributed by atoms with Gasteiger partial charge < -0.3 is 0 Å². The van der Waals surface area contributed by atoms with E-state index in [0.29, 0.717) is 5.92 Å². The van der Waals surface area contributed by atoms with E-state index in [1.807, 2.05) is 18.2 Å². The molecule has 0 bridgehead atoms. The van der Waals surface area contributed by atoms with Crippen LogP contribution in [0.1, 0.15) is 35.4 Å². The molecule has 2 heteroatoms. The third kappa shape index (κ3) is 2.28. The highest BCUT2D eigenvalue weighted by molar-refractivity contribution is 6.30. The van der Waals surface area contributed by atoms with Crippen molar-refractivity contribution < 1.29 is 0 Å².